The maximum Gasteiger partial charge on any atom is 0.252 e. The minimum absolute atomic E-state index is 0.293. The first-order valence-corrected chi connectivity index (χ1v) is 4.34. The largest absolute Gasteiger partial charge is 0.325 e. The molecular formula is C7H8ClN5. The van der Waals surface area contributed by atoms with Crippen LogP contribution < -0.4 is 5.73 Å². The summed E-state index contributed by atoms with van der Waals surface area (Å²) in [7, 11) is 0. The summed E-state index contributed by atoms with van der Waals surface area (Å²) in [6.07, 6.45) is 1.77. The Balaban J connectivity index is 2.57. The Hall–Kier alpha value is -1.20. The molecule has 2 aromatic heterocycles. The van der Waals surface area contributed by atoms with Crippen molar-refractivity contribution in [1.29, 1.82) is 0 Å². The van der Waals surface area contributed by atoms with Gasteiger partial charge in [-0.1, -0.05) is 0 Å². The molecule has 2 heterocycles. The third-order valence-electron chi connectivity index (χ3n) is 1.64. The van der Waals surface area contributed by atoms with E-state index in [-0.39, 0.29) is 0 Å². The first-order chi connectivity index (χ1) is 6.33. The van der Waals surface area contributed by atoms with Crippen LogP contribution in [-0.2, 0) is 12.4 Å². The lowest BCUT2D eigenvalue weighted by Crippen LogP contribution is -2.01. The topological polar surface area (TPSA) is 69.1 Å². The van der Waals surface area contributed by atoms with E-state index < -0.39 is 0 Å². The van der Waals surface area contributed by atoms with Crippen LogP contribution in [0.3, 0.4) is 0 Å². The fraction of sp³-hybridized carbons (Fsp3) is 0.286. The molecule has 0 atom stereocenters. The molecule has 2 aromatic rings. The number of aromatic nitrogens is 4. The number of nitrogens with two attached hydrogens (primary N) is 1. The number of rotatable bonds is 2. The van der Waals surface area contributed by atoms with Crippen LogP contribution in [0, 0.1) is 0 Å². The van der Waals surface area contributed by atoms with Gasteiger partial charge in [-0.25, -0.2) is 9.50 Å². The average Bonchev–Trinajstić information content (AvgIpc) is 2.58. The summed E-state index contributed by atoms with van der Waals surface area (Å²) in [6, 6.07) is 1.81. The number of halogens is 1. The van der Waals surface area contributed by atoms with Gasteiger partial charge in [0.05, 0.1) is 11.6 Å². The van der Waals surface area contributed by atoms with Crippen molar-refractivity contribution in [3.63, 3.8) is 0 Å². The van der Waals surface area contributed by atoms with Crippen molar-refractivity contribution in [2.45, 2.75) is 12.4 Å². The first-order valence-electron chi connectivity index (χ1n) is 3.80. The van der Waals surface area contributed by atoms with Crippen molar-refractivity contribution in [2.75, 3.05) is 0 Å². The monoisotopic (exact) mass is 197 g/mol. The molecule has 2 rings (SSSR count). The molecule has 68 valence electrons. The minimum atomic E-state index is 0.293. The van der Waals surface area contributed by atoms with Crippen molar-refractivity contribution in [2.24, 2.45) is 5.73 Å². The highest BCUT2D eigenvalue weighted by Gasteiger charge is 2.03. The van der Waals surface area contributed by atoms with E-state index in [0.29, 0.717) is 24.0 Å². The molecule has 0 saturated carbocycles. The predicted molar refractivity (Wildman–Crippen MR) is 48.2 cm³/mol. The van der Waals surface area contributed by atoms with Gasteiger partial charge in [-0.2, -0.15) is 4.98 Å². The van der Waals surface area contributed by atoms with E-state index in [1.54, 1.807) is 16.8 Å². The van der Waals surface area contributed by atoms with Gasteiger partial charge in [0.15, 0.2) is 5.82 Å². The average molecular weight is 198 g/mol. The van der Waals surface area contributed by atoms with Gasteiger partial charge < -0.3 is 5.73 Å². The highest BCUT2D eigenvalue weighted by molar-refractivity contribution is 6.16. The van der Waals surface area contributed by atoms with Crippen molar-refractivity contribution >= 4 is 17.4 Å². The van der Waals surface area contributed by atoms with Crippen LogP contribution in [-0.4, -0.2) is 19.6 Å². The number of hydrogen-bond donors (Lipinski definition) is 1. The zero-order valence-corrected chi connectivity index (χ0v) is 7.57. The van der Waals surface area contributed by atoms with E-state index in [2.05, 4.69) is 15.1 Å². The predicted octanol–water partition coefficient (Wildman–Crippen LogP) is 0.322. The Labute approximate surface area is 79.6 Å². The second-order valence-electron chi connectivity index (χ2n) is 2.53. The number of alkyl halides is 1. The summed E-state index contributed by atoms with van der Waals surface area (Å²) in [4.78, 5) is 8.26. The van der Waals surface area contributed by atoms with Crippen molar-refractivity contribution in [3.8, 4) is 0 Å². The van der Waals surface area contributed by atoms with Gasteiger partial charge in [0.25, 0.3) is 5.78 Å². The van der Waals surface area contributed by atoms with Gasteiger partial charge >= 0.3 is 0 Å². The Bertz CT molecular complexity index is 422. The summed E-state index contributed by atoms with van der Waals surface area (Å²) in [6.45, 7) is 0.402. The molecule has 13 heavy (non-hydrogen) atoms. The molecule has 0 unspecified atom stereocenters. The van der Waals surface area contributed by atoms with Gasteiger partial charge in [-0.15, -0.1) is 16.7 Å². The van der Waals surface area contributed by atoms with Crippen molar-refractivity contribution in [1.82, 2.24) is 19.6 Å². The molecule has 5 nitrogen and oxygen atoms in total. The van der Waals surface area contributed by atoms with E-state index in [4.69, 9.17) is 17.3 Å². The van der Waals surface area contributed by atoms with Crippen molar-refractivity contribution in [3.05, 3.63) is 23.8 Å². The maximum absolute atomic E-state index is 5.58. The second-order valence-corrected chi connectivity index (χ2v) is 2.80. The van der Waals surface area contributed by atoms with E-state index >= 15 is 0 Å². The fourth-order valence-corrected chi connectivity index (χ4v) is 1.14. The molecule has 0 fully saturated rings. The first kappa shape index (κ1) is 8.40. The molecule has 0 radical (unpaired) electrons. The lowest BCUT2D eigenvalue weighted by Gasteiger charge is -1.93. The molecule has 0 aliphatic rings. The quantitative estimate of drug-likeness (QED) is 0.705. The van der Waals surface area contributed by atoms with Crippen LogP contribution in [0.25, 0.3) is 5.78 Å². The minimum Gasteiger partial charge on any atom is -0.325 e. The lowest BCUT2D eigenvalue weighted by atomic mass is 10.4. The number of hydrogen-bond acceptors (Lipinski definition) is 4. The van der Waals surface area contributed by atoms with Crippen LogP contribution in [0.4, 0.5) is 0 Å². The second kappa shape index (κ2) is 3.27. The summed E-state index contributed by atoms with van der Waals surface area (Å²) in [5.41, 5.74) is 6.23. The van der Waals surface area contributed by atoms with Gasteiger partial charge in [-0.3, -0.25) is 0 Å². The smallest absolute Gasteiger partial charge is 0.252 e. The molecule has 6 heteroatoms. The zero-order valence-electron chi connectivity index (χ0n) is 6.81. The number of nitrogens with zero attached hydrogens (tertiary/aromatic N) is 4. The zero-order chi connectivity index (χ0) is 9.26. The molecule has 0 amide bonds. The third kappa shape index (κ3) is 1.48. The van der Waals surface area contributed by atoms with Crippen LogP contribution in [0.2, 0.25) is 0 Å². The molecule has 0 spiro atoms. The van der Waals surface area contributed by atoms with Crippen LogP contribution in [0.15, 0.2) is 12.3 Å². The number of fused-ring (bicyclic) bond motifs is 1. The molecule has 0 bridgehead atoms. The Morgan fingerprint density at radius 2 is 2.31 bits per heavy atom. The highest BCUT2D eigenvalue weighted by atomic mass is 35.5. The van der Waals surface area contributed by atoms with Gasteiger partial charge in [0.2, 0.25) is 0 Å². The Kier molecular flexibility index (Phi) is 2.12. The molecule has 0 aliphatic carbocycles. The summed E-state index contributed by atoms with van der Waals surface area (Å²) in [5.74, 6) is 1.41. The van der Waals surface area contributed by atoms with Gasteiger partial charge in [-0.05, 0) is 6.07 Å². The van der Waals surface area contributed by atoms with Crippen molar-refractivity contribution < 1.29 is 0 Å². The lowest BCUT2D eigenvalue weighted by molar-refractivity contribution is 0.886. The van der Waals surface area contributed by atoms with E-state index in [1.807, 2.05) is 0 Å². The molecule has 0 aliphatic heterocycles. The van der Waals surface area contributed by atoms with Crippen LogP contribution in [0.1, 0.15) is 11.5 Å². The van der Waals surface area contributed by atoms with Gasteiger partial charge in [0.1, 0.15) is 0 Å². The maximum atomic E-state index is 5.58. The summed E-state index contributed by atoms with van der Waals surface area (Å²) >= 11 is 5.58. The van der Waals surface area contributed by atoms with E-state index in [1.165, 1.54) is 0 Å². The summed E-state index contributed by atoms with van der Waals surface area (Å²) in [5, 5.41) is 4.08. The molecule has 2 N–H and O–H groups in total. The fourth-order valence-electron chi connectivity index (χ4n) is 1.03. The standard InChI is InChI=1S/C7H8ClN5/c8-3-6-11-7-10-5(4-9)1-2-13(7)12-6/h1-2H,3-4,9H2. The van der Waals surface area contributed by atoms with E-state index in [0.717, 1.165) is 5.69 Å². The summed E-state index contributed by atoms with van der Waals surface area (Å²) < 4.78 is 1.58. The van der Waals surface area contributed by atoms with E-state index in [9.17, 15) is 0 Å². The highest BCUT2D eigenvalue weighted by Crippen LogP contribution is 2.02. The Morgan fingerprint density at radius 3 is 3.00 bits per heavy atom. The van der Waals surface area contributed by atoms with Crippen LogP contribution >= 0.6 is 11.6 Å². The Morgan fingerprint density at radius 1 is 1.46 bits per heavy atom. The SMILES string of the molecule is NCc1ccn2nc(CCl)nc2n1. The van der Waals surface area contributed by atoms with Gasteiger partial charge in [0, 0.05) is 12.7 Å². The molecular weight excluding hydrogens is 190 g/mol. The molecule has 0 saturated heterocycles. The van der Waals surface area contributed by atoms with Crippen LogP contribution in [0.5, 0.6) is 0 Å². The third-order valence-corrected chi connectivity index (χ3v) is 1.88. The molecule has 0 aromatic carbocycles. The normalized spacial score (nSPS) is 10.9.